The van der Waals surface area contributed by atoms with Crippen LogP contribution in [0.3, 0.4) is 0 Å². The second-order valence-corrected chi connectivity index (χ2v) is 3.10. The molecule has 0 aliphatic rings. The van der Waals surface area contributed by atoms with Crippen molar-refractivity contribution in [3.63, 3.8) is 0 Å². The number of phenolic OH excluding ortho intramolecular Hbond substituents is 1. The molecular formula is C12H6O2. The van der Waals surface area contributed by atoms with Crippen molar-refractivity contribution >= 4 is 21.9 Å². The summed E-state index contributed by atoms with van der Waals surface area (Å²) in [7, 11) is 0. The summed E-state index contributed by atoms with van der Waals surface area (Å²) in [6.07, 6.45) is 0. The summed E-state index contributed by atoms with van der Waals surface area (Å²) in [6, 6.07) is 14.7. The van der Waals surface area contributed by atoms with Crippen LogP contribution in [0.2, 0.25) is 0 Å². The van der Waals surface area contributed by atoms with Gasteiger partial charge in [0.2, 0.25) is 0 Å². The van der Waals surface area contributed by atoms with Gasteiger partial charge in [0.25, 0.3) is 0 Å². The van der Waals surface area contributed by atoms with Gasteiger partial charge in [0, 0.05) is 10.8 Å². The minimum atomic E-state index is 0.159. The van der Waals surface area contributed by atoms with Gasteiger partial charge in [-0.25, -0.2) is 0 Å². The highest BCUT2D eigenvalue weighted by Crippen LogP contribution is 2.32. The molecule has 0 saturated carbocycles. The Hall–Kier alpha value is -2.14. The lowest BCUT2D eigenvalue weighted by atomic mass is 10.2. The predicted octanol–water partition coefficient (Wildman–Crippen LogP) is 2.89. The first-order chi connectivity index (χ1) is 6.86. The maximum absolute atomic E-state index is 9.55. The van der Waals surface area contributed by atoms with Crippen molar-refractivity contribution in [3.8, 4) is 5.75 Å². The maximum Gasteiger partial charge on any atom is 0.185 e. The molecule has 0 saturated heterocycles. The number of benzene rings is 1. The molecule has 66 valence electrons. The van der Waals surface area contributed by atoms with E-state index < -0.39 is 0 Å². The van der Waals surface area contributed by atoms with E-state index in [9.17, 15) is 5.11 Å². The molecule has 1 heterocycles. The predicted molar refractivity (Wildman–Crippen MR) is 53.1 cm³/mol. The first-order valence-corrected chi connectivity index (χ1v) is 4.29. The minimum Gasteiger partial charge on any atom is -0.504 e. The number of furan rings is 1. The number of aromatic hydroxyl groups is 1. The molecule has 0 bridgehead atoms. The van der Waals surface area contributed by atoms with Crippen molar-refractivity contribution in [2.24, 2.45) is 0 Å². The topological polar surface area (TPSA) is 33.4 Å². The molecule has 0 aliphatic heterocycles. The maximum atomic E-state index is 9.55. The summed E-state index contributed by atoms with van der Waals surface area (Å²) >= 11 is 0. The SMILES string of the molecule is Oc1cccc2c1oc1c#cccc12. The summed E-state index contributed by atoms with van der Waals surface area (Å²) in [5, 5.41) is 11.4. The zero-order valence-electron chi connectivity index (χ0n) is 7.24. The first-order valence-electron chi connectivity index (χ1n) is 4.29. The van der Waals surface area contributed by atoms with E-state index in [2.05, 4.69) is 12.1 Å². The van der Waals surface area contributed by atoms with Crippen molar-refractivity contribution in [3.05, 3.63) is 42.5 Å². The van der Waals surface area contributed by atoms with E-state index in [1.807, 2.05) is 12.1 Å². The van der Waals surface area contributed by atoms with Crippen LogP contribution in [-0.2, 0) is 0 Å². The van der Waals surface area contributed by atoms with Gasteiger partial charge in [-0.05, 0) is 24.3 Å². The first kappa shape index (κ1) is 7.28. The van der Waals surface area contributed by atoms with Gasteiger partial charge in [0.1, 0.15) is 0 Å². The van der Waals surface area contributed by atoms with E-state index in [1.54, 1.807) is 18.2 Å². The fourth-order valence-corrected chi connectivity index (χ4v) is 1.61. The standard InChI is InChI=1S/C12H6O2/c13-10-6-3-5-9-8-4-1-2-7-11(8)14-12(9)10/h1,3-6,13H. The second kappa shape index (κ2) is 2.43. The van der Waals surface area contributed by atoms with E-state index in [0.29, 0.717) is 11.2 Å². The molecule has 0 amide bonds. The van der Waals surface area contributed by atoms with Crippen molar-refractivity contribution in [1.29, 1.82) is 0 Å². The van der Waals surface area contributed by atoms with Gasteiger partial charge in [0.05, 0.1) is 0 Å². The number of rotatable bonds is 0. The molecular weight excluding hydrogens is 176 g/mol. The average Bonchev–Trinajstić information content (AvgIpc) is 2.59. The van der Waals surface area contributed by atoms with Gasteiger partial charge in [-0.3, -0.25) is 0 Å². The molecule has 0 spiro atoms. The quantitative estimate of drug-likeness (QED) is 0.579. The van der Waals surface area contributed by atoms with Crippen LogP contribution in [0.25, 0.3) is 21.9 Å². The lowest BCUT2D eigenvalue weighted by Crippen LogP contribution is -1.65. The molecule has 14 heavy (non-hydrogen) atoms. The van der Waals surface area contributed by atoms with Crippen LogP contribution < -0.4 is 0 Å². The molecule has 2 aromatic carbocycles. The van der Waals surface area contributed by atoms with E-state index in [4.69, 9.17) is 4.42 Å². The summed E-state index contributed by atoms with van der Waals surface area (Å²) in [6.45, 7) is 0. The van der Waals surface area contributed by atoms with E-state index in [0.717, 1.165) is 10.8 Å². The Labute approximate surface area is 80.4 Å². The highest BCUT2D eigenvalue weighted by molar-refractivity contribution is 6.06. The van der Waals surface area contributed by atoms with Gasteiger partial charge < -0.3 is 9.52 Å². The Morgan fingerprint density at radius 2 is 2.07 bits per heavy atom. The summed E-state index contributed by atoms with van der Waals surface area (Å²) in [4.78, 5) is 0. The van der Waals surface area contributed by atoms with Crippen LogP contribution in [0.15, 0.2) is 34.7 Å². The fourth-order valence-electron chi connectivity index (χ4n) is 1.61. The number of phenols is 1. The molecule has 1 aromatic heterocycles. The molecule has 0 aliphatic carbocycles. The third-order valence-corrected chi connectivity index (χ3v) is 2.25. The monoisotopic (exact) mass is 182 g/mol. The van der Waals surface area contributed by atoms with E-state index in [-0.39, 0.29) is 5.75 Å². The third-order valence-electron chi connectivity index (χ3n) is 2.25. The molecule has 2 nitrogen and oxygen atoms in total. The third kappa shape index (κ3) is 0.813. The van der Waals surface area contributed by atoms with Crippen LogP contribution in [0.1, 0.15) is 0 Å². The fraction of sp³-hybridized carbons (Fsp3) is 0. The van der Waals surface area contributed by atoms with Crippen LogP contribution in [0.5, 0.6) is 5.75 Å². The van der Waals surface area contributed by atoms with Crippen LogP contribution in [0.4, 0.5) is 0 Å². The Balaban J connectivity index is 2.63. The lowest BCUT2D eigenvalue weighted by molar-refractivity contribution is 0.469. The molecule has 1 N–H and O–H groups in total. The number of para-hydroxylation sites is 1. The van der Waals surface area contributed by atoms with E-state index >= 15 is 0 Å². The van der Waals surface area contributed by atoms with Crippen molar-refractivity contribution in [2.75, 3.05) is 0 Å². The number of hydrogen-bond donors (Lipinski definition) is 1. The Morgan fingerprint density at radius 1 is 1.14 bits per heavy atom. The molecule has 0 radical (unpaired) electrons. The Bertz CT molecular complexity index is 608. The summed E-state index contributed by atoms with van der Waals surface area (Å²) in [5.41, 5.74) is 1.14. The van der Waals surface area contributed by atoms with E-state index in [1.165, 1.54) is 0 Å². The minimum absolute atomic E-state index is 0.159. The van der Waals surface area contributed by atoms with Crippen LogP contribution in [0, 0.1) is 12.1 Å². The Morgan fingerprint density at radius 3 is 3.00 bits per heavy atom. The van der Waals surface area contributed by atoms with Crippen LogP contribution >= 0.6 is 0 Å². The Kier molecular flexibility index (Phi) is 1.26. The average molecular weight is 182 g/mol. The van der Waals surface area contributed by atoms with Crippen molar-refractivity contribution < 1.29 is 9.52 Å². The molecule has 0 atom stereocenters. The normalized spacial score (nSPS) is 10.6. The summed E-state index contributed by atoms with van der Waals surface area (Å²) < 4.78 is 5.45. The zero-order valence-corrected chi connectivity index (χ0v) is 7.24. The highest BCUT2D eigenvalue weighted by atomic mass is 16.4. The zero-order chi connectivity index (χ0) is 9.54. The van der Waals surface area contributed by atoms with Crippen molar-refractivity contribution in [2.45, 2.75) is 0 Å². The van der Waals surface area contributed by atoms with Crippen LogP contribution in [-0.4, -0.2) is 5.11 Å². The van der Waals surface area contributed by atoms with Gasteiger partial charge in [-0.2, -0.15) is 0 Å². The van der Waals surface area contributed by atoms with Gasteiger partial charge >= 0.3 is 0 Å². The number of hydrogen-bond acceptors (Lipinski definition) is 2. The molecule has 0 unspecified atom stereocenters. The van der Waals surface area contributed by atoms with Gasteiger partial charge in [-0.1, -0.05) is 18.2 Å². The second-order valence-electron chi connectivity index (χ2n) is 3.10. The smallest absolute Gasteiger partial charge is 0.185 e. The van der Waals surface area contributed by atoms with Gasteiger partial charge in [0.15, 0.2) is 16.9 Å². The molecule has 3 aromatic rings. The largest absolute Gasteiger partial charge is 0.504 e. The summed E-state index contributed by atoms with van der Waals surface area (Å²) in [5.74, 6) is 0.159. The lowest BCUT2D eigenvalue weighted by Gasteiger charge is -1.90. The highest BCUT2D eigenvalue weighted by Gasteiger charge is 2.08. The van der Waals surface area contributed by atoms with Gasteiger partial charge in [-0.15, -0.1) is 0 Å². The van der Waals surface area contributed by atoms with Crippen molar-refractivity contribution in [1.82, 2.24) is 0 Å². The molecule has 2 heteroatoms. The number of fused-ring (bicyclic) bond motifs is 3. The molecule has 0 fully saturated rings. The molecule has 3 rings (SSSR count).